The summed E-state index contributed by atoms with van der Waals surface area (Å²) in [7, 11) is 0. The lowest BCUT2D eigenvalue weighted by atomic mass is 10.2. The van der Waals surface area contributed by atoms with E-state index in [1.165, 1.54) is 0 Å². The molecular weight excluding hydrogens is 373 g/mol. The molecule has 1 fully saturated rings. The number of aliphatic hydroxyl groups excluding tert-OH is 1. The molecule has 1 N–H and O–H groups in total. The topological polar surface area (TPSA) is 48.8 Å². The zero-order valence-corrected chi connectivity index (χ0v) is 16.2. The smallest absolute Gasteiger partial charge is 0.128 e. The fourth-order valence-corrected chi connectivity index (χ4v) is 3.07. The van der Waals surface area contributed by atoms with Crippen molar-refractivity contribution >= 4 is 29.8 Å². The SMILES string of the molecule is Cl.OC(COCc1ccc(Cl)cc1)CN1CCN(c2ccccn2)CC1. The van der Waals surface area contributed by atoms with Crippen LogP contribution in [0.3, 0.4) is 0 Å². The van der Waals surface area contributed by atoms with E-state index >= 15 is 0 Å². The Morgan fingerprint density at radius 3 is 2.46 bits per heavy atom. The molecule has 0 radical (unpaired) electrons. The number of β-amino-alcohol motifs (C(OH)–C–C–N with tert-alkyl or cyclic N) is 1. The van der Waals surface area contributed by atoms with Crippen molar-refractivity contribution in [1.82, 2.24) is 9.88 Å². The highest BCUT2D eigenvalue weighted by molar-refractivity contribution is 6.30. The van der Waals surface area contributed by atoms with E-state index in [-0.39, 0.29) is 12.4 Å². The van der Waals surface area contributed by atoms with Gasteiger partial charge in [0.2, 0.25) is 0 Å². The number of rotatable bonds is 7. The summed E-state index contributed by atoms with van der Waals surface area (Å²) >= 11 is 5.86. The molecule has 0 saturated carbocycles. The molecule has 1 aliphatic rings. The Kier molecular flexibility index (Phi) is 8.62. The lowest BCUT2D eigenvalue weighted by molar-refractivity contribution is 0.00912. The average molecular weight is 398 g/mol. The van der Waals surface area contributed by atoms with E-state index in [2.05, 4.69) is 14.8 Å². The molecule has 0 aliphatic carbocycles. The van der Waals surface area contributed by atoms with Crippen LogP contribution in [0.4, 0.5) is 5.82 Å². The Morgan fingerprint density at radius 1 is 1.08 bits per heavy atom. The largest absolute Gasteiger partial charge is 0.389 e. The summed E-state index contributed by atoms with van der Waals surface area (Å²) in [6.45, 7) is 5.15. The minimum atomic E-state index is -0.478. The Bertz CT molecular complexity index is 635. The predicted octanol–water partition coefficient (Wildman–Crippen LogP) is 2.86. The first-order valence-corrected chi connectivity index (χ1v) is 8.97. The lowest BCUT2D eigenvalue weighted by Crippen LogP contribution is -2.49. The van der Waals surface area contributed by atoms with Gasteiger partial charge in [0.05, 0.1) is 19.3 Å². The van der Waals surface area contributed by atoms with Crippen molar-refractivity contribution in [1.29, 1.82) is 0 Å². The summed E-state index contributed by atoms with van der Waals surface area (Å²) in [5.74, 6) is 1.02. The summed E-state index contributed by atoms with van der Waals surface area (Å²) in [6.07, 6.45) is 1.34. The molecule has 2 aromatic rings. The molecule has 1 saturated heterocycles. The van der Waals surface area contributed by atoms with E-state index in [4.69, 9.17) is 16.3 Å². The second-order valence-corrected chi connectivity index (χ2v) is 6.71. The molecule has 1 aliphatic heterocycles. The fourth-order valence-electron chi connectivity index (χ4n) is 2.94. The van der Waals surface area contributed by atoms with Crippen molar-refractivity contribution in [3.63, 3.8) is 0 Å². The van der Waals surface area contributed by atoms with Crippen LogP contribution >= 0.6 is 24.0 Å². The summed E-state index contributed by atoms with van der Waals surface area (Å²) in [6, 6.07) is 13.5. The molecule has 0 bridgehead atoms. The second-order valence-electron chi connectivity index (χ2n) is 6.27. The van der Waals surface area contributed by atoms with E-state index in [1.807, 2.05) is 48.7 Å². The lowest BCUT2D eigenvalue weighted by Gasteiger charge is -2.36. The number of anilines is 1. The van der Waals surface area contributed by atoms with Crippen LogP contribution in [-0.2, 0) is 11.3 Å². The molecule has 1 atom stereocenters. The highest BCUT2D eigenvalue weighted by atomic mass is 35.5. The quantitative estimate of drug-likeness (QED) is 0.778. The summed E-state index contributed by atoms with van der Waals surface area (Å²) < 4.78 is 5.61. The summed E-state index contributed by atoms with van der Waals surface area (Å²) in [5.41, 5.74) is 1.06. The van der Waals surface area contributed by atoms with Gasteiger partial charge >= 0.3 is 0 Å². The van der Waals surface area contributed by atoms with Gasteiger partial charge in [0.25, 0.3) is 0 Å². The average Bonchev–Trinajstić information content (AvgIpc) is 2.65. The molecule has 0 spiro atoms. The van der Waals surface area contributed by atoms with Gasteiger partial charge in [-0.3, -0.25) is 4.90 Å². The van der Waals surface area contributed by atoms with Crippen LogP contribution in [0.2, 0.25) is 5.02 Å². The van der Waals surface area contributed by atoms with Crippen molar-refractivity contribution < 1.29 is 9.84 Å². The van der Waals surface area contributed by atoms with Crippen LogP contribution in [-0.4, -0.2) is 60.4 Å². The number of piperazine rings is 1. The maximum absolute atomic E-state index is 10.2. The van der Waals surface area contributed by atoms with Crippen molar-refractivity contribution in [2.75, 3.05) is 44.2 Å². The van der Waals surface area contributed by atoms with Gasteiger partial charge in [0.1, 0.15) is 5.82 Å². The van der Waals surface area contributed by atoms with Gasteiger partial charge in [0.15, 0.2) is 0 Å². The van der Waals surface area contributed by atoms with Gasteiger partial charge in [-0.25, -0.2) is 4.98 Å². The first-order chi connectivity index (χ1) is 12.2. The van der Waals surface area contributed by atoms with Gasteiger partial charge in [-0.2, -0.15) is 0 Å². The predicted molar refractivity (Wildman–Crippen MR) is 107 cm³/mol. The minimum Gasteiger partial charge on any atom is -0.389 e. The van der Waals surface area contributed by atoms with Gasteiger partial charge < -0.3 is 14.7 Å². The maximum Gasteiger partial charge on any atom is 0.128 e. The van der Waals surface area contributed by atoms with Crippen LogP contribution in [0.5, 0.6) is 0 Å². The monoisotopic (exact) mass is 397 g/mol. The molecule has 7 heteroatoms. The molecule has 3 rings (SSSR count). The molecule has 142 valence electrons. The number of aliphatic hydroxyl groups is 1. The number of pyridine rings is 1. The third-order valence-electron chi connectivity index (χ3n) is 4.31. The number of aromatic nitrogens is 1. The number of hydrogen-bond acceptors (Lipinski definition) is 5. The second kappa shape index (κ2) is 10.7. The van der Waals surface area contributed by atoms with Crippen molar-refractivity contribution in [2.45, 2.75) is 12.7 Å². The Hall–Kier alpha value is -1.37. The van der Waals surface area contributed by atoms with E-state index in [1.54, 1.807) is 0 Å². The van der Waals surface area contributed by atoms with Crippen LogP contribution < -0.4 is 4.90 Å². The molecule has 1 aromatic heterocycles. The van der Waals surface area contributed by atoms with Crippen molar-refractivity contribution in [3.8, 4) is 0 Å². The molecule has 26 heavy (non-hydrogen) atoms. The first kappa shape index (κ1) is 20.9. The van der Waals surface area contributed by atoms with E-state index in [9.17, 15) is 5.11 Å². The third kappa shape index (κ3) is 6.41. The third-order valence-corrected chi connectivity index (χ3v) is 4.56. The summed E-state index contributed by atoms with van der Waals surface area (Å²) in [5, 5.41) is 10.9. The minimum absolute atomic E-state index is 0. The zero-order valence-electron chi connectivity index (χ0n) is 14.6. The number of hydrogen-bond donors (Lipinski definition) is 1. The van der Waals surface area contributed by atoms with Gasteiger partial charge in [0, 0.05) is 43.9 Å². The zero-order chi connectivity index (χ0) is 17.5. The van der Waals surface area contributed by atoms with Crippen molar-refractivity contribution in [3.05, 3.63) is 59.2 Å². The normalized spacial score (nSPS) is 16.2. The number of halogens is 2. The number of ether oxygens (including phenoxy) is 1. The Labute approximate surface area is 166 Å². The standard InChI is InChI=1S/C19H24ClN3O2.ClH/c20-17-6-4-16(5-7-17)14-25-15-18(24)13-22-9-11-23(12-10-22)19-3-1-2-8-21-19;/h1-8,18,24H,9-15H2;1H. The van der Waals surface area contributed by atoms with Gasteiger partial charge in [-0.1, -0.05) is 29.8 Å². The summed E-state index contributed by atoms with van der Waals surface area (Å²) in [4.78, 5) is 8.94. The molecule has 0 amide bonds. The highest BCUT2D eigenvalue weighted by Crippen LogP contribution is 2.13. The van der Waals surface area contributed by atoms with Crippen LogP contribution in [0, 0.1) is 0 Å². The van der Waals surface area contributed by atoms with Crippen LogP contribution in [0.15, 0.2) is 48.7 Å². The number of benzene rings is 1. The molecule has 2 heterocycles. The number of nitrogens with zero attached hydrogens (tertiary/aromatic N) is 3. The van der Waals surface area contributed by atoms with Gasteiger partial charge in [-0.15, -0.1) is 12.4 Å². The van der Waals surface area contributed by atoms with E-state index in [0.717, 1.165) is 37.6 Å². The van der Waals surface area contributed by atoms with Gasteiger partial charge in [-0.05, 0) is 29.8 Å². The Morgan fingerprint density at radius 2 is 1.81 bits per heavy atom. The Balaban J connectivity index is 0.00000243. The molecule has 1 unspecified atom stereocenters. The molecular formula is C19H25Cl2N3O2. The van der Waals surface area contributed by atoms with Crippen molar-refractivity contribution in [2.24, 2.45) is 0 Å². The van der Waals surface area contributed by atoms with E-state index < -0.39 is 6.10 Å². The molecule has 5 nitrogen and oxygen atoms in total. The van der Waals surface area contributed by atoms with Crippen LogP contribution in [0.25, 0.3) is 0 Å². The van der Waals surface area contributed by atoms with E-state index in [0.29, 0.717) is 24.8 Å². The molecule has 1 aromatic carbocycles. The highest BCUT2D eigenvalue weighted by Gasteiger charge is 2.20. The maximum atomic E-state index is 10.2. The first-order valence-electron chi connectivity index (χ1n) is 8.59. The fraction of sp³-hybridized carbons (Fsp3) is 0.421. The van der Waals surface area contributed by atoms with Crippen LogP contribution in [0.1, 0.15) is 5.56 Å².